The molecule has 1 unspecified atom stereocenters. The molecule has 0 radical (unpaired) electrons. The largest absolute Gasteiger partial charge is 0.299 e. The molecule has 1 saturated carbocycles. The van der Waals surface area contributed by atoms with Crippen molar-refractivity contribution in [1.82, 2.24) is 4.98 Å². The van der Waals surface area contributed by atoms with Crippen molar-refractivity contribution in [2.24, 2.45) is 5.92 Å². The van der Waals surface area contributed by atoms with Crippen LogP contribution in [0, 0.1) is 5.92 Å². The minimum absolute atomic E-state index is 0.0730. The van der Waals surface area contributed by atoms with Gasteiger partial charge < -0.3 is 0 Å². The Morgan fingerprint density at radius 3 is 2.86 bits per heavy atom. The van der Waals surface area contributed by atoms with Gasteiger partial charge in [-0.05, 0) is 18.1 Å². The predicted octanol–water partition coefficient (Wildman–Crippen LogP) is 1.17. The molecule has 1 aromatic heterocycles. The van der Waals surface area contributed by atoms with Gasteiger partial charge in [0.1, 0.15) is 11.6 Å². The van der Waals surface area contributed by atoms with Gasteiger partial charge in [0, 0.05) is 24.7 Å². The second kappa shape index (κ2) is 3.70. The van der Waals surface area contributed by atoms with Gasteiger partial charge in [0.15, 0.2) is 0 Å². The Morgan fingerprint density at radius 2 is 2.29 bits per heavy atom. The molecule has 2 rings (SSSR count). The van der Waals surface area contributed by atoms with Crippen LogP contribution in [-0.4, -0.2) is 16.6 Å². The Hall–Kier alpha value is -1.51. The first-order valence-corrected chi connectivity index (χ1v) is 4.69. The van der Waals surface area contributed by atoms with Gasteiger partial charge in [0.25, 0.3) is 0 Å². The van der Waals surface area contributed by atoms with Crippen LogP contribution in [0.25, 0.3) is 0 Å². The highest BCUT2D eigenvalue weighted by atomic mass is 16.2. The predicted molar refractivity (Wildman–Crippen MR) is 50.7 cm³/mol. The third kappa shape index (κ3) is 1.87. The third-order valence-corrected chi connectivity index (χ3v) is 2.51. The number of ketones is 2. The number of pyridine rings is 1. The Morgan fingerprint density at radius 1 is 1.43 bits per heavy atom. The molecule has 0 N–H and O–H groups in total. The SMILES string of the molecule is O=C1CC(=O)C(Cc2cccnc2)C1. The summed E-state index contributed by atoms with van der Waals surface area (Å²) < 4.78 is 0. The van der Waals surface area contributed by atoms with E-state index in [2.05, 4.69) is 4.98 Å². The van der Waals surface area contributed by atoms with Crippen LogP contribution in [0.2, 0.25) is 0 Å². The fourth-order valence-corrected chi connectivity index (χ4v) is 1.79. The first-order valence-electron chi connectivity index (χ1n) is 4.69. The molecule has 1 aliphatic rings. The molecule has 0 bridgehead atoms. The number of hydrogen-bond acceptors (Lipinski definition) is 3. The number of nitrogens with zero attached hydrogens (tertiary/aromatic N) is 1. The van der Waals surface area contributed by atoms with Crippen molar-refractivity contribution in [3.8, 4) is 0 Å². The Balaban J connectivity index is 2.05. The second-order valence-electron chi connectivity index (χ2n) is 3.65. The van der Waals surface area contributed by atoms with E-state index in [1.165, 1.54) is 0 Å². The maximum absolute atomic E-state index is 11.3. The molecule has 0 aromatic carbocycles. The highest BCUT2D eigenvalue weighted by Gasteiger charge is 2.30. The molecule has 3 heteroatoms. The van der Waals surface area contributed by atoms with Gasteiger partial charge in [-0.3, -0.25) is 14.6 Å². The minimum Gasteiger partial charge on any atom is -0.299 e. The topological polar surface area (TPSA) is 47.0 Å². The van der Waals surface area contributed by atoms with Gasteiger partial charge in [0.05, 0.1) is 6.42 Å². The lowest BCUT2D eigenvalue weighted by Crippen LogP contribution is -2.09. The average Bonchev–Trinajstić information content (AvgIpc) is 2.47. The average molecular weight is 189 g/mol. The molecule has 3 nitrogen and oxygen atoms in total. The summed E-state index contributed by atoms with van der Waals surface area (Å²) in [5.74, 6) is 0.0504. The molecule has 0 aliphatic heterocycles. The number of aromatic nitrogens is 1. The minimum atomic E-state index is -0.105. The number of hydrogen-bond donors (Lipinski definition) is 0. The maximum Gasteiger partial charge on any atom is 0.144 e. The summed E-state index contributed by atoms with van der Waals surface area (Å²) in [6.45, 7) is 0. The fourth-order valence-electron chi connectivity index (χ4n) is 1.79. The van der Waals surface area contributed by atoms with Crippen LogP contribution in [-0.2, 0) is 16.0 Å². The first-order chi connectivity index (χ1) is 6.75. The van der Waals surface area contributed by atoms with Crippen molar-refractivity contribution in [1.29, 1.82) is 0 Å². The summed E-state index contributed by atoms with van der Waals surface area (Å²) in [4.78, 5) is 26.3. The Labute approximate surface area is 82.2 Å². The fraction of sp³-hybridized carbons (Fsp3) is 0.364. The van der Waals surface area contributed by atoms with Crippen LogP contribution in [0.1, 0.15) is 18.4 Å². The zero-order valence-corrected chi connectivity index (χ0v) is 7.77. The zero-order chi connectivity index (χ0) is 9.97. The van der Waals surface area contributed by atoms with E-state index >= 15 is 0 Å². The summed E-state index contributed by atoms with van der Waals surface area (Å²) in [5, 5.41) is 0. The van der Waals surface area contributed by atoms with Crippen molar-refractivity contribution < 1.29 is 9.59 Å². The first kappa shape index (κ1) is 9.06. The molecule has 0 spiro atoms. The van der Waals surface area contributed by atoms with Crippen molar-refractivity contribution >= 4 is 11.6 Å². The quantitative estimate of drug-likeness (QED) is 0.656. The Kier molecular flexibility index (Phi) is 2.39. The van der Waals surface area contributed by atoms with Crippen molar-refractivity contribution in [3.05, 3.63) is 30.1 Å². The van der Waals surface area contributed by atoms with Gasteiger partial charge in [-0.15, -0.1) is 0 Å². The van der Waals surface area contributed by atoms with Crippen molar-refractivity contribution in [3.63, 3.8) is 0 Å². The summed E-state index contributed by atoms with van der Waals surface area (Å²) in [6, 6.07) is 3.78. The van der Waals surface area contributed by atoms with E-state index in [4.69, 9.17) is 0 Å². The molecule has 14 heavy (non-hydrogen) atoms. The lowest BCUT2D eigenvalue weighted by molar-refractivity contribution is -0.122. The Bertz CT molecular complexity index is 359. The van der Waals surface area contributed by atoms with Crippen LogP contribution in [0.15, 0.2) is 24.5 Å². The molecule has 0 amide bonds. The van der Waals surface area contributed by atoms with E-state index < -0.39 is 0 Å². The van der Waals surface area contributed by atoms with Gasteiger partial charge in [0.2, 0.25) is 0 Å². The third-order valence-electron chi connectivity index (χ3n) is 2.51. The highest BCUT2D eigenvalue weighted by molar-refractivity contribution is 6.07. The number of carbonyl (C=O) groups excluding carboxylic acids is 2. The molecule has 1 atom stereocenters. The molecule has 1 aromatic rings. The van der Waals surface area contributed by atoms with E-state index in [1.54, 1.807) is 12.4 Å². The van der Waals surface area contributed by atoms with Crippen LogP contribution in [0.3, 0.4) is 0 Å². The van der Waals surface area contributed by atoms with Crippen LogP contribution in [0.5, 0.6) is 0 Å². The van der Waals surface area contributed by atoms with Crippen LogP contribution >= 0.6 is 0 Å². The van der Waals surface area contributed by atoms with Crippen LogP contribution < -0.4 is 0 Å². The summed E-state index contributed by atoms with van der Waals surface area (Å²) >= 11 is 0. The molecule has 72 valence electrons. The van der Waals surface area contributed by atoms with Gasteiger partial charge in [-0.1, -0.05) is 6.07 Å². The normalized spacial score (nSPS) is 21.6. The van der Waals surface area contributed by atoms with Crippen molar-refractivity contribution in [2.45, 2.75) is 19.3 Å². The van der Waals surface area contributed by atoms with E-state index in [-0.39, 0.29) is 23.9 Å². The highest BCUT2D eigenvalue weighted by Crippen LogP contribution is 2.22. The number of carbonyl (C=O) groups is 2. The van der Waals surface area contributed by atoms with E-state index in [0.717, 1.165) is 5.56 Å². The summed E-state index contributed by atoms with van der Waals surface area (Å²) in [6.07, 6.45) is 4.64. The summed E-state index contributed by atoms with van der Waals surface area (Å²) in [7, 11) is 0. The molecule has 0 saturated heterocycles. The van der Waals surface area contributed by atoms with Gasteiger partial charge in [-0.25, -0.2) is 0 Å². The van der Waals surface area contributed by atoms with E-state index in [1.807, 2.05) is 12.1 Å². The zero-order valence-electron chi connectivity index (χ0n) is 7.77. The van der Waals surface area contributed by atoms with E-state index in [0.29, 0.717) is 12.8 Å². The molecule has 1 aliphatic carbocycles. The van der Waals surface area contributed by atoms with Gasteiger partial charge in [-0.2, -0.15) is 0 Å². The molecule has 1 fully saturated rings. The standard InChI is InChI=1S/C11H11NO2/c13-10-5-9(11(14)6-10)4-8-2-1-3-12-7-8/h1-3,7,9H,4-6H2. The monoisotopic (exact) mass is 189 g/mol. The lowest BCUT2D eigenvalue weighted by atomic mass is 9.98. The van der Waals surface area contributed by atoms with E-state index in [9.17, 15) is 9.59 Å². The molecular weight excluding hydrogens is 178 g/mol. The molecule has 1 heterocycles. The number of rotatable bonds is 2. The number of Topliss-reactive ketones (excluding diaryl/α,β-unsaturated/α-hetero) is 2. The van der Waals surface area contributed by atoms with Crippen molar-refractivity contribution in [2.75, 3.05) is 0 Å². The lowest BCUT2D eigenvalue weighted by Gasteiger charge is -2.05. The second-order valence-corrected chi connectivity index (χ2v) is 3.65. The summed E-state index contributed by atoms with van der Waals surface area (Å²) in [5.41, 5.74) is 1.03. The molecular formula is C11H11NO2. The maximum atomic E-state index is 11.3. The van der Waals surface area contributed by atoms with Crippen LogP contribution in [0.4, 0.5) is 0 Å². The smallest absolute Gasteiger partial charge is 0.144 e. The van der Waals surface area contributed by atoms with Gasteiger partial charge >= 0.3 is 0 Å².